The molecule has 0 saturated heterocycles. The van der Waals surface area contributed by atoms with Crippen LogP contribution in [0, 0.1) is 6.92 Å². The molecule has 0 unspecified atom stereocenters. The summed E-state index contributed by atoms with van der Waals surface area (Å²) < 4.78 is 0. The van der Waals surface area contributed by atoms with Crippen LogP contribution >= 0.6 is 47.2 Å². The van der Waals surface area contributed by atoms with E-state index in [0.29, 0.717) is 21.6 Å². The van der Waals surface area contributed by atoms with Crippen LogP contribution in [0.5, 0.6) is 0 Å². The zero-order valence-electron chi connectivity index (χ0n) is 13.5. The van der Waals surface area contributed by atoms with E-state index in [2.05, 4.69) is 41.8 Å². The molecular weight excluding hydrogens is 386 g/mol. The lowest BCUT2D eigenvalue weighted by atomic mass is 10.2. The maximum Gasteiger partial charge on any atom is 0.0480 e. The fraction of sp³-hybridized carbons (Fsp3) is 0.333. The molecule has 24 heavy (non-hydrogen) atoms. The lowest BCUT2D eigenvalue weighted by Gasteiger charge is -2.10. The Balaban J connectivity index is 0.00000288. The van der Waals surface area contributed by atoms with Gasteiger partial charge in [-0.3, -0.25) is 0 Å². The number of aryl methyl sites for hydroxylation is 1. The second-order valence-electron chi connectivity index (χ2n) is 5.53. The molecule has 0 aromatic heterocycles. The number of halogens is 4. The first-order valence-corrected chi connectivity index (χ1v) is 8.84. The summed E-state index contributed by atoms with van der Waals surface area (Å²) in [6.45, 7) is 4.64. The Morgan fingerprint density at radius 2 is 1.58 bits per heavy atom. The lowest BCUT2D eigenvalue weighted by molar-refractivity contribution is 0.633. The predicted molar refractivity (Wildman–Crippen MR) is 109 cm³/mol. The third-order valence-corrected chi connectivity index (χ3v) is 4.43. The molecule has 0 spiro atoms. The second-order valence-corrected chi connectivity index (χ2v) is 6.78. The van der Waals surface area contributed by atoms with Crippen LogP contribution in [0.3, 0.4) is 0 Å². The summed E-state index contributed by atoms with van der Waals surface area (Å²) in [5, 5.41) is 8.58. The summed E-state index contributed by atoms with van der Waals surface area (Å²) in [7, 11) is 0. The first-order valence-electron chi connectivity index (χ1n) is 7.71. The van der Waals surface area contributed by atoms with E-state index < -0.39 is 0 Å². The zero-order chi connectivity index (χ0) is 16.7. The third kappa shape index (κ3) is 7.08. The number of unbranched alkanes of at least 4 members (excludes halogenated alkanes) is 1. The molecule has 0 aliphatic heterocycles. The van der Waals surface area contributed by atoms with E-state index in [1.165, 1.54) is 11.3 Å². The molecule has 2 rings (SSSR count). The van der Waals surface area contributed by atoms with Crippen LogP contribution in [-0.2, 0) is 6.54 Å². The number of hydrogen-bond donors (Lipinski definition) is 2. The van der Waals surface area contributed by atoms with Gasteiger partial charge in [0, 0.05) is 39.4 Å². The topological polar surface area (TPSA) is 24.1 Å². The molecule has 0 saturated carbocycles. The van der Waals surface area contributed by atoms with Gasteiger partial charge in [0.1, 0.15) is 0 Å². The minimum absolute atomic E-state index is 0. The minimum Gasteiger partial charge on any atom is -0.385 e. The normalized spacial score (nSPS) is 10.3. The highest BCUT2D eigenvalue weighted by atomic mass is 35.5. The van der Waals surface area contributed by atoms with Gasteiger partial charge in [0.05, 0.1) is 0 Å². The van der Waals surface area contributed by atoms with Crippen LogP contribution in [0.25, 0.3) is 0 Å². The maximum absolute atomic E-state index is 6.16. The molecule has 132 valence electrons. The Hall–Kier alpha value is -0.640. The quantitative estimate of drug-likeness (QED) is 0.497. The molecule has 0 bridgehead atoms. The van der Waals surface area contributed by atoms with Crippen molar-refractivity contribution in [3.8, 4) is 0 Å². The third-order valence-electron chi connectivity index (χ3n) is 3.54. The van der Waals surface area contributed by atoms with Crippen LogP contribution in [0.2, 0.25) is 15.1 Å². The van der Waals surface area contributed by atoms with E-state index in [0.717, 1.165) is 31.5 Å². The van der Waals surface area contributed by atoms with Crippen LogP contribution in [0.1, 0.15) is 24.0 Å². The van der Waals surface area contributed by atoms with Crippen molar-refractivity contribution in [1.82, 2.24) is 5.32 Å². The molecule has 6 heteroatoms. The molecule has 2 aromatic rings. The Morgan fingerprint density at radius 1 is 0.917 bits per heavy atom. The summed E-state index contributed by atoms with van der Waals surface area (Å²) in [5.41, 5.74) is 3.35. The number of hydrogen-bond acceptors (Lipinski definition) is 2. The average molecular weight is 408 g/mol. The highest BCUT2D eigenvalue weighted by Gasteiger charge is 2.07. The highest BCUT2D eigenvalue weighted by molar-refractivity contribution is 6.39. The molecule has 2 aromatic carbocycles. The molecular formula is C18H22Cl4N2. The van der Waals surface area contributed by atoms with Crippen molar-refractivity contribution in [3.63, 3.8) is 0 Å². The van der Waals surface area contributed by atoms with Crippen molar-refractivity contribution < 1.29 is 0 Å². The summed E-state index contributed by atoms with van der Waals surface area (Å²) in [5.74, 6) is 0. The van der Waals surface area contributed by atoms with Crippen molar-refractivity contribution in [2.75, 3.05) is 18.4 Å². The molecule has 2 N–H and O–H groups in total. The predicted octanol–water partition coefficient (Wildman–Crippen LogP) is 6.36. The summed E-state index contributed by atoms with van der Waals surface area (Å²) in [6, 6.07) is 11.9. The Morgan fingerprint density at radius 3 is 2.25 bits per heavy atom. The van der Waals surface area contributed by atoms with Crippen molar-refractivity contribution >= 4 is 52.9 Å². The van der Waals surface area contributed by atoms with E-state index in [1.807, 2.05) is 0 Å². The smallest absolute Gasteiger partial charge is 0.0480 e. The van der Waals surface area contributed by atoms with Gasteiger partial charge in [-0.1, -0.05) is 46.9 Å². The molecule has 0 fully saturated rings. The van der Waals surface area contributed by atoms with Crippen LogP contribution < -0.4 is 10.6 Å². The Labute approximate surface area is 165 Å². The standard InChI is InChI=1S/C18H21Cl3N2.ClH/c1-13-5-4-6-15(9-13)23-8-3-2-7-22-12-16-17(20)10-14(19)11-18(16)21;/h4-6,9-11,22-23H,2-3,7-8,12H2,1H3;1H. The SMILES string of the molecule is Cc1cccc(NCCCCNCc2c(Cl)cc(Cl)cc2Cl)c1.Cl. The maximum atomic E-state index is 6.16. The number of benzene rings is 2. The summed E-state index contributed by atoms with van der Waals surface area (Å²) in [6.07, 6.45) is 2.19. The van der Waals surface area contributed by atoms with E-state index in [-0.39, 0.29) is 12.4 Å². The van der Waals surface area contributed by atoms with E-state index >= 15 is 0 Å². The van der Waals surface area contributed by atoms with Gasteiger partial charge in [-0.05, 0) is 56.1 Å². The van der Waals surface area contributed by atoms with Crippen LogP contribution in [-0.4, -0.2) is 13.1 Å². The van der Waals surface area contributed by atoms with Crippen LogP contribution in [0.4, 0.5) is 5.69 Å². The molecule has 0 aliphatic rings. The van der Waals surface area contributed by atoms with E-state index in [9.17, 15) is 0 Å². The van der Waals surface area contributed by atoms with Gasteiger partial charge in [-0.2, -0.15) is 0 Å². The Kier molecular flexibility index (Phi) is 9.87. The van der Waals surface area contributed by atoms with Gasteiger partial charge in [0.25, 0.3) is 0 Å². The first-order chi connectivity index (χ1) is 11.1. The molecule has 0 atom stereocenters. The average Bonchev–Trinajstić information content (AvgIpc) is 2.48. The van der Waals surface area contributed by atoms with Crippen LogP contribution in [0.15, 0.2) is 36.4 Å². The van der Waals surface area contributed by atoms with Gasteiger partial charge in [-0.15, -0.1) is 12.4 Å². The van der Waals surface area contributed by atoms with Gasteiger partial charge in [0.2, 0.25) is 0 Å². The minimum atomic E-state index is 0. The Bertz CT molecular complexity index is 624. The molecule has 0 radical (unpaired) electrons. The van der Waals surface area contributed by atoms with Crippen molar-refractivity contribution in [2.24, 2.45) is 0 Å². The molecule has 2 nitrogen and oxygen atoms in total. The molecule has 0 amide bonds. The van der Waals surface area contributed by atoms with Gasteiger partial charge in [-0.25, -0.2) is 0 Å². The van der Waals surface area contributed by atoms with Gasteiger partial charge >= 0.3 is 0 Å². The monoisotopic (exact) mass is 406 g/mol. The lowest BCUT2D eigenvalue weighted by Crippen LogP contribution is -2.16. The first kappa shape index (κ1) is 21.4. The van der Waals surface area contributed by atoms with E-state index in [1.54, 1.807) is 12.1 Å². The van der Waals surface area contributed by atoms with Gasteiger partial charge < -0.3 is 10.6 Å². The fourth-order valence-electron chi connectivity index (χ4n) is 2.32. The second kappa shape index (κ2) is 11.1. The zero-order valence-corrected chi connectivity index (χ0v) is 16.6. The number of nitrogens with one attached hydrogen (secondary N) is 2. The number of rotatable bonds is 8. The molecule has 0 heterocycles. The highest BCUT2D eigenvalue weighted by Crippen LogP contribution is 2.28. The van der Waals surface area contributed by atoms with Crippen molar-refractivity contribution in [1.29, 1.82) is 0 Å². The molecule has 0 aliphatic carbocycles. The largest absolute Gasteiger partial charge is 0.385 e. The van der Waals surface area contributed by atoms with E-state index in [4.69, 9.17) is 34.8 Å². The summed E-state index contributed by atoms with van der Waals surface area (Å²) in [4.78, 5) is 0. The van der Waals surface area contributed by atoms with Crippen molar-refractivity contribution in [3.05, 3.63) is 62.6 Å². The van der Waals surface area contributed by atoms with Crippen molar-refractivity contribution in [2.45, 2.75) is 26.3 Å². The number of anilines is 1. The fourth-order valence-corrected chi connectivity index (χ4v) is 3.27. The van der Waals surface area contributed by atoms with Gasteiger partial charge in [0.15, 0.2) is 0 Å². The summed E-state index contributed by atoms with van der Waals surface area (Å²) >= 11 is 18.2.